The van der Waals surface area contributed by atoms with Gasteiger partial charge in [0.1, 0.15) is 6.26 Å². The number of aliphatic hydroxyl groups is 1. The van der Waals surface area contributed by atoms with E-state index in [2.05, 4.69) is 20.1 Å². The fourth-order valence-electron chi connectivity index (χ4n) is 3.23. The fraction of sp³-hybridized carbons (Fsp3) is 0.545. The number of anilines is 1. The molecule has 2 heterocycles. The number of rotatable bonds is 8. The minimum atomic E-state index is -0.501. The minimum absolute atomic E-state index is 0.241. The van der Waals surface area contributed by atoms with Gasteiger partial charge in [0.15, 0.2) is 5.69 Å². The second-order valence-electron chi connectivity index (χ2n) is 8.74. The zero-order chi connectivity index (χ0) is 22.4. The smallest absolute Gasteiger partial charge is 0.277 e. The number of amides is 1. The predicted molar refractivity (Wildman–Crippen MR) is 119 cm³/mol. The maximum Gasteiger partial charge on any atom is 0.277 e. The van der Waals surface area contributed by atoms with Crippen LogP contribution in [0, 0.1) is 0 Å². The van der Waals surface area contributed by atoms with E-state index >= 15 is 0 Å². The SMILES string of the molecule is CC(C)(C)OC[C@H](O)CN1CCN(Cc2nc(C(=O)Nc3ccc(Cl)cc3)co2)CC1. The predicted octanol–water partition coefficient (Wildman–Crippen LogP) is 2.87. The molecule has 1 amide bonds. The van der Waals surface area contributed by atoms with Gasteiger partial charge in [-0.15, -0.1) is 0 Å². The number of aromatic nitrogens is 1. The Morgan fingerprint density at radius 2 is 1.87 bits per heavy atom. The van der Waals surface area contributed by atoms with Crippen LogP contribution in [-0.2, 0) is 11.3 Å². The van der Waals surface area contributed by atoms with Crippen molar-refractivity contribution in [1.82, 2.24) is 14.8 Å². The quantitative estimate of drug-likeness (QED) is 0.638. The summed E-state index contributed by atoms with van der Waals surface area (Å²) in [6.07, 6.45) is 0.877. The molecule has 1 fully saturated rings. The number of aliphatic hydroxyl groups excluding tert-OH is 1. The summed E-state index contributed by atoms with van der Waals surface area (Å²) in [5.41, 5.74) is 0.635. The molecule has 3 rings (SSSR count). The van der Waals surface area contributed by atoms with Gasteiger partial charge in [-0.05, 0) is 45.0 Å². The standard InChI is InChI=1S/C22H31ClN4O4/c1-22(2,3)31-14-18(28)12-26-8-10-27(11-9-26)13-20-25-19(15-30-20)21(29)24-17-6-4-16(23)5-7-17/h4-7,15,18,28H,8-14H2,1-3H3,(H,24,29)/t18-/m1/s1. The molecule has 31 heavy (non-hydrogen) atoms. The molecule has 0 aliphatic carbocycles. The van der Waals surface area contributed by atoms with Gasteiger partial charge in [0, 0.05) is 43.4 Å². The highest BCUT2D eigenvalue weighted by molar-refractivity contribution is 6.30. The third kappa shape index (κ3) is 7.90. The molecule has 2 N–H and O–H groups in total. The van der Waals surface area contributed by atoms with Crippen molar-refractivity contribution in [2.75, 3.05) is 44.6 Å². The van der Waals surface area contributed by atoms with Gasteiger partial charge < -0.3 is 19.6 Å². The summed E-state index contributed by atoms with van der Waals surface area (Å²) in [6.45, 7) is 10.8. The Hall–Kier alpha value is -1.97. The van der Waals surface area contributed by atoms with Crippen LogP contribution in [0.5, 0.6) is 0 Å². The van der Waals surface area contributed by atoms with E-state index in [1.165, 1.54) is 6.26 Å². The van der Waals surface area contributed by atoms with Crippen LogP contribution in [-0.4, -0.2) is 76.8 Å². The zero-order valence-electron chi connectivity index (χ0n) is 18.3. The number of piperazine rings is 1. The third-order valence-electron chi connectivity index (χ3n) is 4.89. The van der Waals surface area contributed by atoms with E-state index < -0.39 is 6.10 Å². The zero-order valence-corrected chi connectivity index (χ0v) is 19.1. The van der Waals surface area contributed by atoms with Gasteiger partial charge in [0.2, 0.25) is 5.89 Å². The molecule has 1 aromatic heterocycles. The summed E-state index contributed by atoms with van der Waals surface area (Å²) < 4.78 is 11.1. The summed E-state index contributed by atoms with van der Waals surface area (Å²) in [4.78, 5) is 21.1. The van der Waals surface area contributed by atoms with Crippen LogP contribution in [0.3, 0.4) is 0 Å². The molecule has 0 spiro atoms. The summed E-state index contributed by atoms with van der Waals surface area (Å²) in [7, 11) is 0. The Labute approximate surface area is 188 Å². The van der Waals surface area contributed by atoms with Crippen molar-refractivity contribution in [2.24, 2.45) is 0 Å². The molecule has 1 aliphatic heterocycles. The molecular weight excluding hydrogens is 420 g/mol. The number of carbonyl (C=O) groups excluding carboxylic acids is 1. The average molecular weight is 451 g/mol. The van der Waals surface area contributed by atoms with E-state index in [1.807, 2.05) is 20.8 Å². The second-order valence-corrected chi connectivity index (χ2v) is 9.18. The van der Waals surface area contributed by atoms with Gasteiger partial charge in [0.05, 0.1) is 24.9 Å². The molecule has 8 nitrogen and oxygen atoms in total. The number of carbonyl (C=O) groups is 1. The number of β-amino-alcohol motifs (C(OH)–C–C–N with tert-alkyl or cyclic N) is 1. The Morgan fingerprint density at radius 3 is 2.52 bits per heavy atom. The van der Waals surface area contributed by atoms with Crippen LogP contribution < -0.4 is 5.32 Å². The first-order valence-corrected chi connectivity index (χ1v) is 10.8. The molecule has 0 radical (unpaired) electrons. The summed E-state index contributed by atoms with van der Waals surface area (Å²) >= 11 is 5.86. The lowest BCUT2D eigenvalue weighted by molar-refractivity contribution is -0.0588. The van der Waals surface area contributed by atoms with Crippen LogP contribution >= 0.6 is 11.6 Å². The summed E-state index contributed by atoms with van der Waals surface area (Å²) in [5.74, 6) is 0.182. The number of oxazole rings is 1. The van der Waals surface area contributed by atoms with Crippen LogP contribution in [0.25, 0.3) is 0 Å². The average Bonchev–Trinajstić information content (AvgIpc) is 3.18. The van der Waals surface area contributed by atoms with Gasteiger partial charge in [-0.3, -0.25) is 14.6 Å². The Bertz CT molecular complexity index is 842. The monoisotopic (exact) mass is 450 g/mol. The van der Waals surface area contributed by atoms with Gasteiger partial charge in [-0.2, -0.15) is 0 Å². The fourth-order valence-corrected chi connectivity index (χ4v) is 3.36. The Morgan fingerprint density at radius 1 is 1.23 bits per heavy atom. The van der Waals surface area contributed by atoms with E-state index in [0.717, 1.165) is 26.2 Å². The number of ether oxygens (including phenoxy) is 1. The topological polar surface area (TPSA) is 91.1 Å². The summed E-state index contributed by atoms with van der Waals surface area (Å²) in [5, 5.41) is 13.6. The van der Waals surface area contributed by atoms with Crippen LogP contribution in [0.15, 0.2) is 34.9 Å². The number of halogens is 1. The van der Waals surface area contributed by atoms with E-state index in [0.29, 0.717) is 36.3 Å². The lowest BCUT2D eigenvalue weighted by Gasteiger charge is -2.35. The molecule has 170 valence electrons. The number of nitrogens with one attached hydrogen (secondary N) is 1. The number of hydrogen-bond acceptors (Lipinski definition) is 7. The highest BCUT2D eigenvalue weighted by atomic mass is 35.5. The van der Waals surface area contributed by atoms with Crippen molar-refractivity contribution in [2.45, 2.75) is 39.0 Å². The lowest BCUT2D eigenvalue weighted by atomic mass is 10.2. The van der Waals surface area contributed by atoms with Crippen molar-refractivity contribution in [1.29, 1.82) is 0 Å². The van der Waals surface area contributed by atoms with Crippen molar-refractivity contribution in [3.63, 3.8) is 0 Å². The van der Waals surface area contributed by atoms with E-state index in [1.54, 1.807) is 24.3 Å². The molecule has 1 aliphatic rings. The maximum absolute atomic E-state index is 12.3. The largest absolute Gasteiger partial charge is 0.447 e. The van der Waals surface area contributed by atoms with Crippen LogP contribution in [0.4, 0.5) is 5.69 Å². The number of benzene rings is 1. The molecule has 0 unspecified atom stereocenters. The molecule has 1 atom stereocenters. The van der Waals surface area contributed by atoms with Crippen LogP contribution in [0.1, 0.15) is 37.2 Å². The Balaban J connectivity index is 1.41. The number of hydrogen-bond donors (Lipinski definition) is 2. The molecule has 2 aromatic rings. The molecule has 1 saturated heterocycles. The highest BCUT2D eigenvalue weighted by Crippen LogP contribution is 2.15. The maximum atomic E-state index is 12.3. The van der Waals surface area contributed by atoms with Gasteiger partial charge >= 0.3 is 0 Å². The molecule has 1 aromatic carbocycles. The minimum Gasteiger partial charge on any atom is -0.447 e. The van der Waals surface area contributed by atoms with Gasteiger partial charge in [-0.1, -0.05) is 11.6 Å². The molecule has 9 heteroatoms. The second kappa shape index (κ2) is 10.6. The van der Waals surface area contributed by atoms with Crippen molar-refractivity contribution < 1.29 is 19.1 Å². The van der Waals surface area contributed by atoms with E-state index in [9.17, 15) is 9.90 Å². The lowest BCUT2D eigenvalue weighted by Crippen LogP contribution is -2.49. The first kappa shape index (κ1) is 23.7. The highest BCUT2D eigenvalue weighted by Gasteiger charge is 2.22. The van der Waals surface area contributed by atoms with Gasteiger partial charge in [-0.25, -0.2) is 4.98 Å². The first-order valence-electron chi connectivity index (χ1n) is 10.5. The normalized spacial score (nSPS) is 16.9. The van der Waals surface area contributed by atoms with E-state index in [4.69, 9.17) is 20.8 Å². The third-order valence-corrected chi connectivity index (χ3v) is 5.14. The molecular formula is C22H31ClN4O4. The molecule has 0 bridgehead atoms. The molecule has 0 saturated carbocycles. The number of nitrogens with zero attached hydrogens (tertiary/aromatic N) is 3. The van der Waals surface area contributed by atoms with Crippen LogP contribution in [0.2, 0.25) is 5.02 Å². The van der Waals surface area contributed by atoms with E-state index in [-0.39, 0.29) is 17.2 Å². The van der Waals surface area contributed by atoms with Crippen molar-refractivity contribution in [3.05, 3.63) is 47.1 Å². The Kier molecular flexibility index (Phi) is 8.07. The van der Waals surface area contributed by atoms with Crippen molar-refractivity contribution in [3.8, 4) is 0 Å². The first-order chi connectivity index (χ1) is 14.7. The van der Waals surface area contributed by atoms with Crippen molar-refractivity contribution >= 4 is 23.2 Å². The summed E-state index contributed by atoms with van der Waals surface area (Å²) in [6, 6.07) is 6.88. The van der Waals surface area contributed by atoms with Gasteiger partial charge in [0.25, 0.3) is 5.91 Å².